The molecule has 288 valence electrons. The van der Waals surface area contributed by atoms with Gasteiger partial charge in [-0.2, -0.15) is 0 Å². The van der Waals surface area contributed by atoms with Crippen LogP contribution in [0.3, 0.4) is 0 Å². The number of amides is 2. The Morgan fingerprint density at radius 3 is 2.49 bits per heavy atom. The summed E-state index contributed by atoms with van der Waals surface area (Å²) in [4.78, 5) is 40.4. The minimum atomic E-state index is -0.904. The van der Waals surface area contributed by atoms with Crippen molar-refractivity contribution in [1.82, 2.24) is 10.3 Å². The number of carbonyl (C=O) groups excluding carboxylic acids is 2. The number of aryl methyl sites for hydroxylation is 1. The van der Waals surface area contributed by atoms with Crippen molar-refractivity contribution in [1.29, 1.82) is 0 Å². The monoisotopic (exact) mass is 748 g/mol. The Labute approximate surface area is 320 Å². The number of phenols is 1. The molecule has 2 heterocycles. The molecule has 5 aromatic rings. The highest BCUT2D eigenvalue weighted by Crippen LogP contribution is 2.31. The second kappa shape index (κ2) is 17.6. The van der Waals surface area contributed by atoms with Crippen molar-refractivity contribution in [3.05, 3.63) is 118 Å². The number of nitrogens with zero attached hydrogens (tertiary/aromatic N) is 1. The van der Waals surface area contributed by atoms with Crippen LogP contribution in [0.2, 0.25) is 0 Å². The van der Waals surface area contributed by atoms with Gasteiger partial charge in [0.2, 0.25) is 11.5 Å². The Kier molecular flexibility index (Phi) is 12.5. The summed E-state index contributed by atoms with van der Waals surface area (Å²) in [6.45, 7) is 2.52. The highest BCUT2D eigenvalue weighted by molar-refractivity contribution is 5.92. The quantitative estimate of drug-likeness (QED) is 0.0704. The molecule has 0 aliphatic carbocycles. The average Bonchev–Trinajstić information content (AvgIpc) is 3.17. The van der Waals surface area contributed by atoms with Crippen LogP contribution in [-0.4, -0.2) is 78.6 Å². The van der Waals surface area contributed by atoms with E-state index in [-0.39, 0.29) is 35.4 Å². The van der Waals surface area contributed by atoms with Crippen molar-refractivity contribution < 1.29 is 33.8 Å². The molecule has 1 atom stereocenters. The van der Waals surface area contributed by atoms with Crippen LogP contribution in [0.25, 0.3) is 22.0 Å². The van der Waals surface area contributed by atoms with Crippen molar-refractivity contribution >= 4 is 34.3 Å². The number of benzene rings is 4. The molecular weight excluding hydrogens is 699 g/mol. The van der Waals surface area contributed by atoms with Crippen molar-refractivity contribution in [3.63, 3.8) is 0 Å². The summed E-state index contributed by atoms with van der Waals surface area (Å²) >= 11 is 0. The zero-order chi connectivity index (χ0) is 39.0. The standard InChI is InChI=1S/C43H49N5O7/c1-48(2)22-20-32(21-23-48)55-43(53)46-36-24-28(12-15-33(36)29-9-5-4-6-10-29)8-7-11-40(51)45-31-14-13-30(39(25-31)54-3)26-44-27-38(50)34-16-18-37(49)42-35(34)17-19-41(52)47-42/h4-6,9-10,12-19,24-25,32,38,44,50H,7-8,11,20-23,26-27H2,1-3H3,(H3-,45,46,47,49,51,52,53)/p+1/t38-/m0/s1. The summed E-state index contributed by atoms with van der Waals surface area (Å²) in [5, 5.41) is 30.8. The Hall–Kier alpha value is -5.69. The second-order valence-corrected chi connectivity index (χ2v) is 14.7. The van der Waals surface area contributed by atoms with E-state index in [0.717, 1.165) is 52.7 Å². The van der Waals surface area contributed by atoms with Crippen LogP contribution in [0.15, 0.2) is 95.8 Å². The van der Waals surface area contributed by atoms with E-state index in [0.29, 0.717) is 53.9 Å². The first-order chi connectivity index (χ1) is 26.5. The van der Waals surface area contributed by atoms with Gasteiger partial charge in [-0.15, -0.1) is 0 Å². The molecule has 0 spiro atoms. The minimum Gasteiger partial charge on any atom is -0.506 e. The first-order valence-corrected chi connectivity index (χ1v) is 18.7. The van der Waals surface area contributed by atoms with Gasteiger partial charge in [0.1, 0.15) is 17.6 Å². The number of H-pyrrole nitrogens is 1. The maximum atomic E-state index is 13.0. The number of aliphatic hydroxyl groups excluding tert-OH is 1. The van der Waals surface area contributed by atoms with Crippen LogP contribution in [0, 0.1) is 0 Å². The number of aromatic amines is 1. The molecular formula is C43H50N5O7+. The van der Waals surface area contributed by atoms with Gasteiger partial charge in [-0.05, 0) is 53.8 Å². The van der Waals surface area contributed by atoms with Crippen molar-refractivity contribution in [3.8, 4) is 22.6 Å². The number of fused-ring (bicyclic) bond motifs is 1. The van der Waals surface area contributed by atoms with E-state index in [1.54, 1.807) is 25.3 Å². The Morgan fingerprint density at radius 1 is 0.945 bits per heavy atom. The van der Waals surface area contributed by atoms with Crippen LogP contribution < -0.4 is 26.2 Å². The van der Waals surface area contributed by atoms with Crippen LogP contribution in [-0.2, 0) is 22.5 Å². The number of aromatic hydroxyl groups is 1. The van der Waals surface area contributed by atoms with Crippen LogP contribution in [0.1, 0.15) is 48.5 Å². The molecule has 12 nitrogen and oxygen atoms in total. The SMILES string of the molecule is COc1cc(NC(=O)CCCc2ccc(-c3ccccc3)c(NC(=O)OC3CC[N+](C)(C)CC3)c2)ccc1CNC[C@H](O)c1ccc(O)c2[nH]c(=O)ccc12. The molecule has 1 aliphatic heterocycles. The fourth-order valence-corrected chi connectivity index (χ4v) is 7.02. The molecule has 2 amide bonds. The molecule has 1 saturated heterocycles. The summed E-state index contributed by atoms with van der Waals surface area (Å²) in [6.07, 6.45) is 1.74. The number of carbonyl (C=O) groups is 2. The van der Waals surface area contributed by atoms with Gasteiger partial charge in [0.25, 0.3) is 0 Å². The summed E-state index contributed by atoms with van der Waals surface area (Å²) in [5.74, 6) is 0.384. The number of likely N-dealkylation sites (tertiary alicyclic amines) is 1. The number of methoxy groups -OCH3 is 1. The molecule has 0 unspecified atom stereocenters. The fourth-order valence-electron chi connectivity index (χ4n) is 7.02. The van der Waals surface area contributed by atoms with Gasteiger partial charge in [0.15, 0.2) is 0 Å². The molecule has 55 heavy (non-hydrogen) atoms. The number of ether oxygens (including phenoxy) is 2. The Bertz CT molecular complexity index is 2180. The van der Waals surface area contributed by atoms with Gasteiger partial charge < -0.3 is 39.8 Å². The van der Waals surface area contributed by atoms with Crippen molar-refractivity contribution in [2.45, 2.75) is 50.9 Å². The lowest BCUT2D eigenvalue weighted by Gasteiger charge is -2.36. The summed E-state index contributed by atoms with van der Waals surface area (Å²) in [5.41, 5.74) is 5.50. The van der Waals surface area contributed by atoms with E-state index in [1.165, 1.54) is 12.1 Å². The van der Waals surface area contributed by atoms with E-state index in [1.807, 2.05) is 60.7 Å². The van der Waals surface area contributed by atoms with Crippen LogP contribution in [0.5, 0.6) is 11.5 Å². The molecule has 1 aromatic heterocycles. The van der Waals surface area contributed by atoms with Gasteiger partial charge in [0, 0.05) is 66.7 Å². The molecule has 6 N–H and O–H groups in total. The molecule has 4 aromatic carbocycles. The number of anilines is 2. The van der Waals surface area contributed by atoms with E-state index in [9.17, 15) is 24.6 Å². The molecule has 0 radical (unpaired) electrons. The smallest absolute Gasteiger partial charge is 0.411 e. The summed E-state index contributed by atoms with van der Waals surface area (Å²) in [7, 11) is 5.95. The third-order valence-electron chi connectivity index (χ3n) is 10.2. The molecule has 12 heteroatoms. The predicted molar refractivity (Wildman–Crippen MR) is 214 cm³/mol. The van der Waals surface area contributed by atoms with Gasteiger partial charge in [0.05, 0.1) is 51.6 Å². The highest BCUT2D eigenvalue weighted by atomic mass is 16.6. The molecule has 0 saturated carbocycles. The molecule has 0 bridgehead atoms. The van der Waals surface area contributed by atoms with Crippen LogP contribution >= 0.6 is 0 Å². The molecule has 1 fully saturated rings. The Balaban J connectivity index is 1.01. The lowest BCUT2D eigenvalue weighted by atomic mass is 9.99. The molecule has 1 aliphatic rings. The predicted octanol–water partition coefficient (Wildman–Crippen LogP) is 6.48. The molecule has 6 rings (SSSR count). The third-order valence-corrected chi connectivity index (χ3v) is 10.2. The zero-order valence-electron chi connectivity index (χ0n) is 31.6. The number of piperidine rings is 1. The van der Waals surface area contributed by atoms with E-state index in [4.69, 9.17) is 9.47 Å². The number of nitrogens with one attached hydrogen (secondary N) is 4. The number of aromatic nitrogens is 1. The lowest BCUT2D eigenvalue weighted by molar-refractivity contribution is -0.896. The number of hydrogen-bond donors (Lipinski definition) is 6. The maximum absolute atomic E-state index is 13.0. The topological polar surface area (TPSA) is 162 Å². The van der Waals surface area contributed by atoms with Crippen molar-refractivity contribution in [2.24, 2.45) is 0 Å². The average molecular weight is 749 g/mol. The van der Waals surface area contributed by atoms with Gasteiger partial charge in [-0.1, -0.05) is 54.6 Å². The van der Waals surface area contributed by atoms with Gasteiger partial charge in [-0.3, -0.25) is 14.9 Å². The summed E-state index contributed by atoms with van der Waals surface area (Å²) < 4.78 is 12.4. The van der Waals surface area contributed by atoms with Crippen molar-refractivity contribution in [2.75, 3.05) is 51.5 Å². The first-order valence-electron chi connectivity index (χ1n) is 18.7. The lowest BCUT2D eigenvalue weighted by Crippen LogP contribution is -2.48. The number of hydrogen-bond acceptors (Lipinski definition) is 8. The largest absolute Gasteiger partial charge is 0.506 e. The van der Waals surface area contributed by atoms with E-state index in [2.05, 4.69) is 35.0 Å². The second-order valence-electron chi connectivity index (χ2n) is 14.7. The first kappa shape index (κ1) is 39.0. The number of quaternary nitrogens is 1. The maximum Gasteiger partial charge on any atom is 0.411 e. The number of rotatable bonds is 14. The summed E-state index contributed by atoms with van der Waals surface area (Å²) in [6, 6.07) is 27.3. The Morgan fingerprint density at radius 2 is 1.73 bits per heavy atom. The van der Waals surface area contributed by atoms with E-state index < -0.39 is 12.2 Å². The highest BCUT2D eigenvalue weighted by Gasteiger charge is 2.28. The van der Waals surface area contributed by atoms with Gasteiger partial charge >= 0.3 is 6.09 Å². The number of phenolic OH excluding ortho intramolecular Hbond substituents is 1. The number of pyridine rings is 1. The zero-order valence-corrected chi connectivity index (χ0v) is 31.6. The van der Waals surface area contributed by atoms with E-state index >= 15 is 0 Å². The normalized spacial score (nSPS) is 14.6. The number of aliphatic hydroxyl groups is 1. The third kappa shape index (κ3) is 10.3. The minimum absolute atomic E-state index is 0.0670. The fraction of sp³-hybridized carbons (Fsp3) is 0.326. The van der Waals surface area contributed by atoms with Crippen LogP contribution in [0.4, 0.5) is 16.2 Å². The van der Waals surface area contributed by atoms with Gasteiger partial charge in [-0.25, -0.2) is 4.79 Å².